The Morgan fingerprint density at radius 2 is 1.94 bits per heavy atom. The first-order valence-electron chi connectivity index (χ1n) is 10.3. The fourth-order valence-electron chi connectivity index (χ4n) is 3.64. The van der Waals surface area contributed by atoms with Gasteiger partial charge < -0.3 is 18.9 Å². The molecule has 3 heterocycles. The largest absolute Gasteiger partial charge is 0.486 e. The fourth-order valence-corrected chi connectivity index (χ4v) is 3.64. The van der Waals surface area contributed by atoms with Gasteiger partial charge in [0.25, 0.3) is 5.56 Å². The van der Waals surface area contributed by atoms with Gasteiger partial charge in [-0.2, -0.15) is 0 Å². The van der Waals surface area contributed by atoms with Crippen molar-refractivity contribution in [3.8, 4) is 5.75 Å². The van der Waals surface area contributed by atoms with E-state index >= 15 is 0 Å². The molecule has 0 bridgehead atoms. The molecule has 0 saturated carbocycles. The van der Waals surface area contributed by atoms with Crippen molar-refractivity contribution in [3.05, 3.63) is 57.8 Å². The molecule has 2 aromatic heterocycles. The van der Waals surface area contributed by atoms with Gasteiger partial charge in [0.05, 0.1) is 12.8 Å². The number of esters is 1. The van der Waals surface area contributed by atoms with Crippen molar-refractivity contribution >= 4 is 11.9 Å². The molecule has 0 spiro atoms. The summed E-state index contributed by atoms with van der Waals surface area (Å²) >= 11 is 0. The Morgan fingerprint density at radius 1 is 1.16 bits per heavy atom. The van der Waals surface area contributed by atoms with Crippen LogP contribution in [-0.4, -0.2) is 46.5 Å². The molecule has 1 amide bonds. The van der Waals surface area contributed by atoms with Crippen LogP contribution in [0.5, 0.6) is 5.75 Å². The van der Waals surface area contributed by atoms with Crippen LogP contribution in [0.15, 0.2) is 35.3 Å². The van der Waals surface area contributed by atoms with Crippen LogP contribution in [0.25, 0.3) is 0 Å². The lowest BCUT2D eigenvalue weighted by Gasteiger charge is -2.25. The van der Waals surface area contributed by atoms with E-state index in [4.69, 9.17) is 9.47 Å². The number of pyridine rings is 2. The lowest BCUT2D eigenvalue weighted by molar-refractivity contribution is -0.133. The molecular formula is C23H29N3O5. The number of carbonyl (C=O) groups excluding carboxylic acids is 2. The van der Waals surface area contributed by atoms with Gasteiger partial charge in [-0.3, -0.25) is 14.6 Å². The smallest absolute Gasteiger partial charge is 0.343 e. The summed E-state index contributed by atoms with van der Waals surface area (Å²) in [6, 6.07) is 6.74. The molecular weight excluding hydrogens is 398 g/mol. The van der Waals surface area contributed by atoms with E-state index in [0.717, 1.165) is 0 Å². The number of methoxy groups -OCH3 is 1. The molecule has 0 aliphatic carbocycles. The molecule has 166 valence electrons. The second-order valence-corrected chi connectivity index (χ2v) is 8.79. The van der Waals surface area contributed by atoms with E-state index in [1.165, 1.54) is 13.2 Å². The summed E-state index contributed by atoms with van der Waals surface area (Å²) in [7, 11) is 1.29. The Morgan fingerprint density at radius 3 is 2.58 bits per heavy atom. The highest BCUT2D eigenvalue weighted by molar-refractivity contribution is 5.93. The van der Waals surface area contributed by atoms with Crippen LogP contribution in [0.1, 0.15) is 48.9 Å². The average Bonchev–Trinajstić information content (AvgIpc) is 2.95. The van der Waals surface area contributed by atoms with Gasteiger partial charge in [-0.05, 0) is 17.5 Å². The van der Waals surface area contributed by atoms with Crippen LogP contribution in [0.4, 0.5) is 0 Å². The summed E-state index contributed by atoms with van der Waals surface area (Å²) in [4.78, 5) is 44.1. The van der Waals surface area contributed by atoms with Crippen molar-refractivity contribution in [2.75, 3.05) is 20.2 Å². The predicted molar refractivity (Wildman–Crippen MR) is 115 cm³/mol. The normalized spacial score (nSPS) is 13.9. The molecule has 0 fully saturated rings. The summed E-state index contributed by atoms with van der Waals surface area (Å²) in [6.45, 7) is 7.31. The number of hydrogen-bond acceptors (Lipinski definition) is 6. The number of ether oxygens (including phenoxy) is 2. The average molecular weight is 428 g/mol. The van der Waals surface area contributed by atoms with Gasteiger partial charge in [-0.15, -0.1) is 0 Å². The van der Waals surface area contributed by atoms with E-state index in [1.807, 2.05) is 26.8 Å². The van der Waals surface area contributed by atoms with Crippen molar-refractivity contribution in [1.82, 2.24) is 14.5 Å². The first kappa shape index (κ1) is 22.5. The number of carbonyl (C=O) groups is 2. The summed E-state index contributed by atoms with van der Waals surface area (Å²) in [5.41, 5.74) is 1.03. The maximum absolute atomic E-state index is 12.8. The van der Waals surface area contributed by atoms with Crippen molar-refractivity contribution in [1.29, 1.82) is 0 Å². The third kappa shape index (κ3) is 5.51. The predicted octanol–water partition coefficient (Wildman–Crippen LogP) is 2.43. The van der Waals surface area contributed by atoms with E-state index < -0.39 is 5.97 Å². The van der Waals surface area contributed by atoms with Gasteiger partial charge >= 0.3 is 5.97 Å². The molecule has 1 aliphatic heterocycles. The molecule has 0 aromatic carbocycles. The molecule has 0 unspecified atom stereocenters. The van der Waals surface area contributed by atoms with Gasteiger partial charge in [0.15, 0.2) is 0 Å². The molecule has 0 saturated heterocycles. The number of hydrogen-bond donors (Lipinski definition) is 0. The van der Waals surface area contributed by atoms with Crippen LogP contribution in [-0.2, 0) is 29.1 Å². The molecule has 0 radical (unpaired) electrons. The Kier molecular flexibility index (Phi) is 6.77. The highest BCUT2D eigenvalue weighted by Gasteiger charge is 2.28. The summed E-state index contributed by atoms with van der Waals surface area (Å²) < 4.78 is 12.3. The van der Waals surface area contributed by atoms with Gasteiger partial charge in [0, 0.05) is 50.4 Å². The second-order valence-electron chi connectivity index (χ2n) is 8.79. The molecule has 0 atom stereocenters. The summed E-state index contributed by atoms with van der Waals surface area (Å²) in [6.07, 6.45) is 2.42. The number of nitrogens with zero attached hydrogens (tertiary/aromatic N) is 3. The topological polar surface area (TPSA) is 90.7 Å². The monoisotopic (exact) mass is 427 g/mol. The maximum Gasteiger partial charge on any atom is 0.343 e. The quantitative estimate of drug-likeness (QED) is 0.681. The first-order chi connectivity index (χ1) is 14.7. The van der Waals surface area contributed by atoms with Crippen LogP contribution in [0, 0.1) is 5.41 Å². The van der Waals surface area contributed by atoms with Crippen LogP contribution in [0.3, 0.4) is 0 Å². The van der Waals surface area contributed by atoms with Crippen LogP contribution in [0.2, 0.25) is 0 Å². The van der Waals surface area contributed by atoms with Gasteiger partial charge in [0.2, 0.25) is 5.91 Å². The molecule has 1 aliphatic rings. The molecule has 31 heavy (non-hydrogen) atoms. The SMILES string of the molecule is COC(=O)c1c(OCc2ccccn2)cc(=O)n2c1CCN(C(=O)CC(C)(C)C)CC2. The summed E-state index contributed by atoms with van der Waals surface area (Å²) in [5, 5.41) is 0. The maximum atomic E-state index is 12.8. The van der Waals surface area contributed by atoms with Crippen molar-refractivity contribution < 1.29 is 19.1 Å². The van der Waals surface area contributed by atoms with E-state index in [-0.39, 0.29) is 34.8 Å². The highest BCUT2D eigenvalue weighted by Crippen LogP contribution is 2.26. The van der Waals surface area contributed by atoms with E-state index in [9.17, 15) is 14.4 Å². The van der Waals surface area contributed by atoms with E-state index in [2.05, 4.69) is 4.98 Å². The minimum absolute atomic E-state index is 0.0413. The number of fused-ring (bicyclic) bond motifs is 1. The summed E-state index contributed by atoms with van der Waals surface area (Å²) in [5.74, 6) is -0.364. The first-order valence-corrected chi connectivity index (χ1v) is 10.3. The molecule has 8 heteroatoms. The van der Waals surface area contributed by atoms with Gasteiger partial charge in [0.1, 0.15) is 17.9 Å². The minimum Gasteiger partial charge on any atom is -0.486 e. The van der Waals surface area contributed by atoms with Crippen molar-refractivity contribution in [2.24, 2.45) is 5.41 Å². The van der Waals surface area contributed by atoms with Crippen LogP contribution >= 0.6 is 0 Å². The lowest BCUT2D eigenvalue weighted by atomic mass is 9.91. The highest BCUT2D eigenvalue weighted by atomic mass is 16.5. The Labute approximate surface area is 181 Å². The van der Waals surface area contributed by atoms with Gasteiger partial charge in [-0.25, -0.2) is 4.79 Å². The van der Waals surface area contributed by atoms with Crippen LogP contribution < -0.4 is 10.3 Å². The zero-order chi connectivity index (χ0) is 22.6. The van der Waals surface area contributed by atoms with E-state index in [1.54, 1.807) is 27.8 Å². The number of amides is 1. The second kappa shape index (κ2) is 9.32. The standard InChI is InChI=1S/C23H29N3O5/c1-23(2,3)14-20(28)25-10-8-17-21(22(29)30-4)18(13-19(27)26(17)12-11-25)31-15-16-7-5-6-9-24-16/h5-7,9,13H,8,10-12,14-15H2,1-4H3. The third-order valence-corrected chi connectivity index (χ3v) is 5.12. The lowest BCUT2D eigenvalue weighted by Crippen LogP contribution is -2.36. The van der Waals surface area contributed by atoms with Gasteiger partial charge in [-0.1, -0.05) is 26.8 Å². The fraction of sp³-hybridized carbons (Fsp3) is 0.478. The van der Waals surface area contributed by atoms with Crippen molar-refractivity contribution in [3.63, 3.8) is 0 Å². The zero-order valence-corrected chi connectivity index (χ0v) is 18.5. The minimum atomic E-state index is -0.575. The molecule has 8 nitrogen and oxygen atoms in total. The molecule has 2 aromatic rings. The zero-order valence-electron chi connectivity index (χ0n) is 18.5. The Balaban J connectivity index is 1.91. The third-order valence-electron chi connectivity index (χ3n) is 5.12. The molecule has 3 rings (SSSR count). The molecule has 0 N–H and O–H groups in total. The number of rotatable bonds is 5. The van der Waals surface area contributed by atoms with Crippen molar-refractivity contribution in [2.45, 2.75) is 46.8 Å². The Bertz CT molecular complexity index is 1010. The Hall–Kier alpha value is -3.16. The number of aromatic nitrogens is 2. The van der Waals surface area contributed by atoms with E-state index in [0.29, 0.717) is 43.9 Å².